The highest BCUT2D eigenvalue weighted by atomic mass is 16.5. The number of anilines is 3. The minimum atomic E-state index is 0.0209. The Morgan fingerprint density at radius 2 is 1.89 bits per heavy atom. The summed E-state index contributed by atoms with van der Waals surface area (Å²) in [5.41, 5.74) is 9.84. The van der Waals surface area contributed by atoms with Gasteiger partial charge >= 0.3 is 6.03 Å². The molecule has 0 aliphatic carbocycles. The number of urea groups is 1. The molecule has 4 rings (SSSR count). The van der Waals surface area contributed by atoms with E-state index in [4.69, 9.17) is 10.5 Å². The Balaban J connectivity index is 1.41. The Kier molecular flexibility index (Phi) is 4.79. The molecule has 2 aliphatic rings. The number of benzene rings is 2. The second-order valence-electron chi connectivity index (χ2n) is 7.18. The molecule has 0 aromatic heterocycles. The highest BCUT2D eigenvalue weighted by molar-refractivity contribution is 5.91. The molecule has 0 bridgehead atoms. The molecule has 0 saturated carbocycles. The van der Waals surface area contributed by atoms with Gasteiger partial charge in [0.05, 0.1) is 12.8 Å². The molecule has 0 radical (unpaired) electrons. The van der Waals surface area contributed by atoms with Crippen LogP contribution in [0, 0.1) is 0 Å². The molecule has 3 N–H and O–H groups in total. The van der Waals surface area contributed by atoms with E-state index in [0.717, 1.165) is 50.3 Å². The summed E-state index contributed by atoms with van der Waals surface area (Å²) in [6.45, 7) is 2.59. The molecule has 2 aromatic rings. The summed E-state index contributed by atoms with van der Waals surface area (Å²) in [7, 11) is 1.64. The number of rotatable bonds is 3. The van der Waals surface area contributed by atoms with E-state index in [1.807, 2.05) is 41.3 Å². The van der Waals surface area contributed by atoms with E-state index in [2.05, 4.69) is 16.3 Å². The highest BCUT2D eigenvalue weighted by Gasteiger charge is 2.30. The number of carbonyl (C=O) groups is 1. The number of hydrogen-bond donors (Lipinski definition) is 2. The van der Waals surface area contributed by atoms with Crippen LogP contribution in [0.3, 0.4) is 0 Å². The van der Waals surface area contributed by atoms with Crippen molar-refractivity contribution in [2.24, 2.45) is 0 Å². The molecule has 2 aliphatic heterocycles. The van der Waals surface area contributed by atoms with Crippen molar-refractivity contribution in [3.63, 3.8) is 0 Å². The first-order valence-electron chi connectivity index (χ1n) is 9.49. The van der Waals surface area contributed by atoms with Gasteiger partial charge in [-0.25, -0.2) is 4.79 Å². The SMILES string of the molecule is COc1cc(N2CCC(N3CCc4ccccc4NC3=O)CC2)ccc1N. The number of hydrogen-bond acceptors (Lipinski definition) is 4. The monoisotopic (exact) mass is 366 g/mol. The smallest absolute Gasteiger partial charge is 0.322 e. The van der Waals surface area contributed by atoms with Crippen molar-refractivity contribution in [2.75, 3.05) is 42.7 Å². The van der Waals surface area contributed by atoms with Crippen LogP contribution in [0.25, 0.3) is 0 Å². The minimum absolute atomic E-state index is 0.0209. The predicted molar refractivity (Wildman–Crippen MR) is 109 cm³/mol. The maximum atomic E-state index is 12.7. The van der Waals surface area contributed by atoms with Gasteiger partial charge in [-0.1, -0.05) is 18.2 Å². The topological polar surface area (TPSA) is 70.8 Å². The summed E-state index contributed by atoms with van der Waals surface area (Å²) < 4.78 is 5.34. The van der Waals surface area contributed by atoms with Gasteiger partial charge in [-0.2, -0.15) is 0 Å². The Hall–Kier alpha value is -2.89. The summed E-state index contributed by atoms with van der Waals surface area (Å²) in [6, 6.07) is 14.3. The number of ether oxygens (including phenoxy) is 1. The second-order valence-corrected chi connectivity index (χ2v) is 7.18. The molecular formula is C21H26N4O2. The number of nitrogens with two attached hydrogens (primary N) is 1. The van der Waals surface area contributed by atoms with Gasteiger partial charge in [0.2, 0.25) is 0 Å². The van der Waals surface area contributed by atoms with Crippen LogP contribution >= 0.6 is 0 Å². The summed E-state index contributed by atoms with van der Waals surface area (Å²) >= 11 is 0. The lowest BCUT2D eigenvalue weighted by Gasteiger charge is -2.39. The van der Waals surface area contributed by atoms with Crippen LogP contribution in [0.4, 0.5) is 21.9 Å². The molecule has 1 saturated heterocycles. The zero-order valence-corrected chi connectivity index (χ0v) is 15.6. The van der Waals surface area contributed by atoms with Crippen LogP contribution < -0.4 is 20.7 Å². The highest BCUT2D eigenvalue weighted by Crippen LogP contribution is 2.30. The molecule has 6 heteroatoms. The van der Waals surface area contributed by atoms with Crippen LogP contribution in [0.1, 0.15) is 18.4 Å². The molecule has 27 heavy (non-hydrogen) atoms. The standard InChI is InChI=1S/C21H26N4O2/c1-27-20-14-17(6-7-18(20)22)24-11-9-16(10-12-24)25-13-8-15-4-2-3-5-19(15)23-21(25)26/h2-7,14,16H,8-13,22H2,1H3,(H,23,26). The Labute approximate surface area is 159 Å². The Morgan fingerprint density at radius 1 is 1.11 bits per heavy atom. The van der Waals surface area contributed by atoms with E-state index < -0.39 is 0 Å². The molecule has 0 atom stereocenters. The van der Waals surface area contributed by atoms with E-state index >= 15 is 0 Å². The third-order valence-electron chi connectivity index (χ3n) is 5.63. The van der Waals surface area contributed by atoms with E-state index in [9.17, 15) is 4.79 Å². The molecule has 2 heterocycles. The maximum absolute atomic E-state index is 12.7. The summed E-state index contributed by atoms with van der Waals surface area (Å²) in [4.78, 5) is 17.1. The minimum Gasteiger partial charge on any atom is -0.495 e. The number of nitrogens with zero attached hydrogens (tertiary/aromatic N) is 2. The van der Waals surface area contributed by atoms with Crippen molar-refractivity contribution >= 4 is 23.1 Å². The van der Waals surface area contributed by atoms with E-state index in [-0.39, 0.29) is 12.1 Å². The van der Waals surface area contributed by atoms with E-state index in [0.29, 0.717) is 11.4 Å². The molecule has 2 aromatic carbocycles. The fourth-order valence-electron chi connectivity index (χ4n) is 4.07. The molecule has 0 unspecified atom stereocenters. The fraction of sp³-hybridized carbons (Fsp3) is 0.381. The van der Waals surface area contributed by atoms with Crippen LogP contribution in [0.5, 0.6) is 5.75 Å². The Bertz CT molecular complexity index is 831. The van der Waals surface area contributed by atoms with Crippen molar-refractivity contribution in [3.8, 4) is 5.75 Å². The lowest BCUT2D eigenvalue weighted by atomic mass is 10.0. The van der Waals surface area contributed by atoms with Gasteiger partial charge in [-0.05, 0) is 43.0 Å². The number of nitrogens with one attached hydrogen (secondary N) is 1. The lowest BCUT2D eigenvalue weighted by molar-refractivity contribution is 0.177. The maximum Gasteiger partial charge on any atom is 0.322 e. The van der Waals surface area contributed by atoms with Gasteiger partial charge in [-0.15, -0.1) is 0 Å². The average Bonchev–Trinajstić information content (AvgIpc) is 2.87. The molecular weight excluding hydrogens is 340 g/mol. The van der Waals surface area contributed by atoms with Crippen molar-refractivity contribution < 1.29 is 9.53 Å². The summed E-state index contributed by atoms with van der Waals surface area (Å²) in [6.07, 6.45) is 2.80. The second kappa shape index (κ2) is 7.39. The number of para-hydroxylation sites is 1. The van der Waals surface area contributed by atoms with Crippen molar-refractivity contribution in [3.05, 3.63) is 48.0 Å². The van der Waals surface area contributed by atoms with E-state index in [1.165, 1.54) is 5.56 Å². The number of carbonyl (C=O) groups excluding carboxylic acids is 1. The molecule has 0 spiro atoms. The predicted octanol–water partition coefficient (Wildman–Crippen LogP) is 3.34. The fourth-order valence-corrected chi connectivity index (χ4v) is 4.07. The molecule has 2 amide bonds. The van der Waals surface area contributed by atoms with Gasteiger partial charge in [0.25, 0.3) is 0 Å². The third-order valence-corrected chi connectivity index (χ3v) is 5.63. The van der Waals surface area contributed by atoms with Crippen LogP contribution in [0.15, 0.2) is 42.5 Å². The van der Waals surface area contributed by atoms with Crippen molar-refractivity contribution in [1.82, 2.24) is 4.90 Å². The first-order valence-corrected chi connectivity index (χ1v) is 9.49. The Morgan fingerprint density at radius 3 is 2.67 bits per heavy atom. The zero-order chi connectivity index (χ0) is 18.8. The number of piperidine rings is 1. The van der Waals surface area contributed by atoms with E-state index in [1.54, 1.807) is 7.11 Å². The summed E-state index contributed by atoms with van der Waals surface area (Å²) in [5, 5.41) is 3.08. The largest absolute Gasteiger partial charge is 0.495 e. The number of nitrogen functional groups attached to an aromatic ring is 1. The summed E-state index contributed by atoms with van der Waals surface area (Å²) in [5.74, 6) is 0.708. The number of amides is 2. The van der Waals surface area contributed by atoms with Crippen molar-refractivity contribution in [1.29, 1.82) is 0 Å². The normalized spacial score (nSPS) is 17.9. The molecule has 1 fully saturated rings. The van der Waals surface area contributed by atoms with Crippen LogP contribution in [-0.4, -0.2) is 43.7 Å². The zero-order valence-electron chi connectivity index (χ0n) is 15.6. The lowest BCUT2D eigenvalue weighted by Crippen LogP contribution is -2.48. The average molecular weight is 366 g/mol. The quantitative estimate of drug-likeness (QED) is 0.818. The first kappa shape index (κ1) is 17.5. The van der Waals surface area contributed by atoms with Crippen LogP contribution in [0.2, 0.25) is 0 Å². The van der Waals surface area contributed by atoms with Crippen molar-refractivity contribution in [2.45, 2.75) is 25.3 Å². The first-order chi connectivity index (χ1) is 13.2. The number of fused-ring (bicyclic) bond motifs is 1. The number of methoxy groups -OCH3 is 1. The molecule has 6 nitrogen and oxygen atoms in total. The third kappa shape index (κ3) is 3.52. The van der Waals surface area contributed by atoms with Gasteiger partial charge in [0.15, 0.2) is 0 Å². The van der Waals surface area contributed by atoms with Gasteiger partial charge in [-0.3, -0.25) is 0 Å². The van der Waals surface area contributed by atoms with Gasteiger partial charge in [0, 0.05) is 43.1 Å². The van der Waals surface area contributed by atoms with Crippen LogP contribution in [-0.2, 0) is 6.42 Å². The van der Waals surface area contributed by atoms with Gasteiger partial charge < -0.3 is 25.6 Å². The molecule has 142 valence electrons. The van der Waals surface area contributed by atoms with Gasteiger partial charge in [0.1, 0.15) is 5.75 Å².